The first-order valence-corrected chi connectivity index (χ1v) is 9.42. The van der Waals surface area contributed by atoms with E-state index >= 15 is 0 Å². The highest BCUT2D eigenvalue weighted by Crippen LogP contribution is 2.40. The fourth-order valence-corrected chi connectivity index (χ4v) is 4.89. The summed E-state index contributed by atoms with van der Waals surface area (Å²) < 4.78 is 6.16. The molecule has 4 heteroatoms. The van der Waals surface area contributed by atoms with Crippen LogP contribution in [0.2, 0.25) is 0 Å². The molecular weight excluding hydrogens is 304 g/mol. The Morgan fingerprint density at radius 2 is 1.91 bits per heavy atom. The van der Waals surface area contributed by atoms with E-state index in [4.69, 9.17) is 4.74 Å². The third-order valence-corrected chi connectivity index (χ3v) is 6.24. The second-order valence-electron chi connectivity index (χ2n) is 6.97. The molecule has 2 fully saturated rings. The predicted octanol–water partition coefficient (Wildman–Crippen LogP) is 3.88. The van der Waals surface area contributed by atoms with Crippen molar-refractivity contribution < 1.29 is 4.74 Å². The van der Waals surface area contributed by atoms with Gasteiger partial charge in [-0.2, -0.15) is 0 Å². The predicted molar refractivity (Wildman–Crippen MR) is 93.4 cm³/mol. The van der Waals surface area contributed by atoms with Crippen molar-refractivity contribution in [3.63, 3.8) is 0 Å². The summed E-state index contributed by atoms with van der Waals surface area (Å²) in [7, 11) is 0. The van der Waals surface area contributed by atoms with E-state index in [1.165, 1.54) is 42.1 Å². The Balaban J connectivity index is 1.26. The Hall–Kier alpha value is -1.23. The van der Waals surface area contributed by atoms with Crippen molar-refractivity contribution in [3.05, 3.63) is 52.0 Å². The largest absolute Gasteiger partial charge is 0.374 e. The van der Waals surface area contributed by atoms with E-state index in [1.807, 2.05) is 5.51 Å². The van der Waals surface area contributed by atoms with E-state index in [-0.39, 0.29) is 0 Å². The molecule has 2 aliphatic rings. The van der Waals surface area contributed by atoms with E-state index in [9.17, 15) is 0 Å². The number of ether oxygens (including phenoxy) is 1. The molecule has 23 heavy (non-hydrogen) atoms. The van der Waals surface area contributed by atoms with Gasteiger partial charge in [0.1, 0.15) is 0 Å². The summed E-state index contributed by atoms with van der Waals surface area (Å²) in [4.78, 5) is 8.41. The Morgan fingerprint density at radius 3 is 2.57 bits per heavy atom. The number of likely N-dealkylation sites (tertiary alicyclic amines) is 1. The number of rotatable bonds is 5. The minimum atomic E-state index is 0.456. The van der Waals surface area contributed by atoms with Crippen LogP contribution in [-0.4, -0.2) is 29.1 Å². The van der Waals surface area contributed by atoms with Crippen LogP contribution in [0.4, 0.5) is 0 Å². The van der Waals surface area contributed by atoms with E-state index in [2.05, 4.69) is 47.1 Å². The summed E-state index contributed by atoms with van der Waals surface area (Å²) in [5.74, 6) is 1.65. The van der Waals surface area contributed by atoms with Crippen molar-refractivity contribution in [2.45, 2.75) is 39.0 Å². The van der Waals surface area contributed by atoms with Gasteiger partial charge in [0.05, 0.1) is 23.9 Å². The van der Waals surface area contributed by atoms with Gasteiger partial charge >= 0.3 is 0 Å². The fourth-order valence-electron chi connectivity index (χ4n) is 4.08. The molecule has 1 aliphatic heterocycles. The van der Waals surface area contributed by atoms with Gasteiger partial charge in [0.25, 0.3) is 0 Å². The van der Waals surface area contributed by atoms with Gasteiger partial charge in [-0.1, -0.05) is 30.3 Å². The highest BCUT2D eigenvalue weighted by molar-refractivity contribution is 7.09. The molecule has 1 saturated carbocycles. The van der Waals surface area contributed by atoms with Crippen LogP contribution in [0.1, 0.15) is 29.0 Å². The average molecular weight is 328 g/mol. The lowest BCUT2D eigenvalue weighted by atomic mass is 10.0. The van der Waals surface area contributed by atoms with Crippen LogP contribution in [0, 0.1) is 18.8 Å². The van der Waals surface area contributed by atoms with Crippen molar-refractivity contribution in [1.29, 1.82) is 0 Å². The van der Waals surface area contributed by atoms with Gasteiger partial charge < -0.3 is 4.74 Å². The first kappa shape index (κ1) is 15.3. The smallest absolute Gasteiger partial charge is 0.0798 e. The summed E-state index contributed by atoms with van der Waals surface area (Å²) >= 11 is 1.79. The van der Waals surface area contributed by atoms with Crippen LogP contribution in [0.3, 0.4) is 0 Å². The monoisotopic (exact) mass is 328 g/mol. The SMILES string of the molecule is Cc1ncsc1CN1C[C@H]2CC(OCc3ccccc3)C[C@H]2C1. The summed E-state index contributed by atoms with van der Waals surface area (Å²) in [6.45, 7) is 6.42. The Kier molecular flexibility index (Phi) is 4.47. The number of aromatic nitrogens is 1. The zero-order valence-electron chi connectivity index (χ0n) is 13.6. The van der Waals surface area contributed by atoms with Crippen molar-refractivity contribution in [3.8, 4) is 0 Å². The van der Waals surface area contributed by atoms with E-state index in [0.29, 0.717) is 6.10 Å². The maximum absolute atomic E-state index is 6.16. The molecule has 4 rings (SSSR count). The van der Waals surface area contributed by atoms with E-state index in [0.717, 1.165) is 25.0 Å². The third kappa shape index (κ3) is 3.49. The molecule has 122 valence electrons. The van der Waals surface area contributed by atoms with E-state index in [1.54, 1.807) is 11.3 Å². The molecule has 1 aliphatic carbocycles. The van der Waals surface area contributed by atoms with Gasteiger partial charge in [-0.25, -0.2) is 4.98 Å². The molecule has 3 nitrogen and oxygen atoms in total. The molecular formula is C19H24N2OS. The molecule has 0 spiro atoms. The minimum Gasteiger partial charge on any atom is -0.374 e. The van der Waals surface area contributed by atoms with Crippen LogP contribution in [0.5, 0.6) is 0 Å². The number of aryl methyl sites for hydroxylation is 1. The van der Waals surface area contributed by atoms with Crippen LogP contribution in [0.25, 0.3) is 0 Å². The number of benzene rings is 1. The maximum atomic E-state index is 6.16. The van der Waals surface area contributed by atoms with Gasteiger partial charge in [0, 0.05) is 24.5 Å². The Bertz CT molecular complexity index is 628. The van der Waals surface area contributed by atoms with Gasteiger partial charge in [-0.05, 0) is 37.2 Å². The molecule has 2 heterocycles. The lowest BCUT2D eigenvalue weighted by Gasteiger charge is -2.19. The highest BCUT2D eigenvalue weighted by Gasteiger charge is 2.41. The maximum Gasteiger partial charge on any atom is 0.0798 e. The fraction of sp³-hybridized carbons (Fsp3) is 0.526. The molecule has 0 radical (unpaired) electrons. The molecule has 0 N–H and O–H groups in total. The van der Waals surface area contributed by atoms with Crippen LogP contribution in [0.15, 0.2) is 35.8 Å². The zero-order valence-corrected chi connectivity index (χ0v) is 14.5. The number of fused-ring (bicyclic) bond motifs is 1. The summed E-state index contributed by atoms with van der Waals surface area (Å²) in [5, 5.41) is 0. The lowest BCUT2D eigenvalue weighted by molar-refractivity contribution is 0.0374. The van der Waals surface area contributed by atoms with Gasteiger partial charge in [-0.15, -0.1) is 11.3 Å². The molecule has 3 atom stereocenters. The minimum absolute atomic E-state index is 0.456. The Morgan fingerprint density at radius 1 is 1.17 bits per heavy atom. The highest BCUT2D eigenvalue weighted by atomic mass is 32.1. The number of hydrogen-bond acceptors (Lipinski definition) is 4. The van der Waals surface area contributed by atoms with Crippen molar-refractivity contribution in [2.75, 3.05) is 13.1 Å². The van der Waals surface area contributed by atoms with E-state index < -0.39 is 0 Å². The Labute approximate surface area is 142 Å². The molecule has 0 bridgehead atoms. The molecule has 0 amide bonds. The summed E-state index contributed by atoms with van der Waals surface area (Å²) in [5.41, 5.74) is 4.46. The zero-order chi connectivity index (χ0) is 15.6. The topological polar surface area (TPSA) is 25.4 Å². The number of hydrogen-bond donors (Lipinski definition) is 0. The molecule has 1 aromatic heterocycles. The van der Waals surface area contributed by atoms with Gasteiger partial charge in [0.15, 0.2) is 0 Å². The van der Waals surface area contributed by atoms with Gasteiger partial charge in [-0.3, -0.25) is 4.90 Å². The third-order valence-electron chi connectivity index (χ3n) is 5.32. The van der Waals surface area contributed by atoms with Gasteiger partial charge in [0.2, 0.25) is 0 Å². The van der Waals surface area contributed by atoms with Crippen LogP contribution < -0.4 is 0 Å². The standard InChI is InChI=1S/C19H24N2OS/c1-14-19(23-13-20-14)11-21-9-16-7-18(8-17(16)10-21)22-12-15-5-3-2-4-6-15/h2-6,13,16-18H,7-12H2,1H3/t16-,17+,18?. The van der Waals surface area contributed by atoms with Crippen molar-refractivity contribution in [1.82, 2.24) is 9.88 Å². The molecule has 1 saturated heterocycles. The summed E-state index contributed by atoms with van der Waals surface area (Å²) in [6, 6.07) is 10.5. The normalized spacial score (nSPS) is 27.4. The quantitative estimate of drug-likeness (QED) is 0.833. The second-order valence-corrected chi connectivity index (χ2v) is 7.90. The summed E-state index contributed by atoms with van der Waals surface area (Å²) in [6.07, 6.45) is 2.92. The molecule has 2 aromatic rings. The number of nitrogens with zero attached hydrogens (tertiary/aromatic N) is 2. The first-order valence-electron chi connectivity index (χ1n) is 8.55. The second kappa shape index (κ2) is 6.71. The van der Waals surface area contributed by atoms with Crippen LogP contribution in [-0.2, 0) is 17.9 Å². The van der Waals surface area contributed by atoms with Crippen LogP contribution >= 0.6 is 11.3 Å². The molecule has 1 unspecified atom stereocenters. The van der Waals surface area contributed by atoms with Crippen molar-refractivity contribution in [2.24, 2.45) is 11.8 Å². The first-order chi connectivity index (χ1) is 11.3. The average Bonchev–Trinajstić information content (AvgIpc) is 3.22. The van der Waals surface area contributed by atoms with Crippen molar-refractivity contribution >= 4 is 11.3 Å². The molecule has 1 aromatic carbocycles. The lowest BCUT2D eigenvalue weighted by Crippen LogP contribution is -2.23. The number of thiazole rings is 1.